The Morgan fingerprint density at radius 2 is 1.64 bits per heavy atom. The summed E-state index contributed by atoms with van der Waals surface area (Å²) in [4.78, 5) is 11.3. The Labute approximate surface area is 147 Å². The lowest BCUT2D eigenvalue weighted by molar-refractivity contribution is -0.116. The molecule has 0 radical (unpaired) electrons. The van der Waals surface area contributed by atoms with Crippen molar-refractivity contribution in [3.05, 3.63) is 57.1 Å². The number of hydrogen-bond donors (Lipinski definition) is 1. The van der Waals surface area contributed by atoms with E-state index in [2.05, 4.69) is 22.6 Å². The molecule has 0 saturated heterocycles. The summed E-state index contributed by atoms with van der Waals surface area (Å²) in [5, 5.41) is 0.426. The van der Waals surface area contributed by atoms with Gasteiger partial charge in [-0.25, -0.2) is 8.42 Å². The molecule has 0 saturated carbocycles. The fraction of sp³-hybridized carbons (Fsp3) is 0.0714. The van der Waals surface area contributed by atoms with Crippen LogP contribution in [0.2, 0.25) is 5.02 Å². The molecule has 2 aromatic carbocycles. The monoisotopic (exact) mass is 450 g/mol. The molecule has 116 valence electrons. The third kappa shape index (κ3) is 3.90. The molecule has 0 bridgehead atoms. The molecule has 5 nitrogen and oxygen atoms in total. The summed E-state index contributed by atoms with van der Waals surface area (Å²) in [5.74, 6) is -0.740. The van der Waals surface area contributed by atoms with Gasteiger partial charge in [0, 0.05) is 8.59 Å². The molecule has 0 aliphatic carbocycles. The fourth-order valence-electron chi connectivity index (χ4n) is 1.80. The molecule has 0 spiro atoms. The first-order valence-electron chi connectivity index (χ1n) is 6.13. The third-order valence-electron chi connectivity index (χ3n) is 2.82. The quantitative estimate of drug-likeness (QED) is 0.711. The van der Waals surface area contributed by atoms with Crippen LogP contribution in [-0.2, 0) is 14.8 Å². The first-order valence-corrected chi connectivity index (χ1v) is 9.02. The van der Waals surface area contributed by atoms with Gasteiger partial charge >= 0.3 is 0 Å². The molecule has 0 aliphatic heterocycles. The van der Waals surface area contributed by atoms with Crippen molar-refractivity contribution >= 4 is 55.8 Å². The maximum absolute atomic E-state index is 12.7. The molecule has 2 aromatic rings. The fourth-order valence-corrected chi connectivity index (χ4v) is 3.71. The third-order valence-corrected chi connectivity index (χ3v) is 5.57. The van der Waals surface area contributed by atoms with Gasteiger partial charge in [0.2, 0.25) is 5.91 Å². The Morgan fingerprint density at radius 3 is 2.14 bits per heavy atom. The second kappa shape index (κ2) is 6.84. The molecule has 0 atom stereocenters. The van der Waals surface area contributed by atoms with E-state index in [0.29, 0.717) is 10.7 Å². The van der Waals surface area contributed by atoms with Crippen LogP contribution in [0.3, 0.4) is 0 Å². The molecule has 0 aromatic heterocycles. The summed E-state index contributed by atoms with van der Waals surface area (Å²) in [5.41, 5.74) is 5.56. The van der Waals surface area contributed by atoms with Crippen LogP contribution in [0.5, 0.6) is 0 Å². The van der Waals surface area contributed by atoms with Crippen molar-refractivity contribution in [3.63, 3.8) is 0 Å². The van der Waals surface area contributed by atoms with Gasteiger partial charge in [-0.1, -0.05) is 11.6 Å². The van der Waals surface area contributed by atoms with Gasteiger partial charge in [-0.2, -0.15) is 0 Å². The van der Waals surface area contributed by atoms with Crippen LogP contribution in [0.25, 0.3) is 0 Å². The van der Waals surface area contributed by atoms with Crippen molar-refractivity contribution in [2.75, 3.05) is 10.8 Å². The lowest BCUT2D eigenvalue weighted by Crippen LogP contribution is -2.38. The van der Waals surface area contributed by atoms with Crippen LogP contribution in [0.4, 0.5) is 5.69 Å². The highest BCUT2D eigenvalue weighted by molar-refractivity contribution is 14.1. The first kappa shape index (κ1) is 17.0. The summed E-state index contributed by atoms with van der Waals surface area (Å²) in [7, 11) is -3.91. The van der Waals surface area contributed by atoms with E-state index in [-0.39, 0.29) is 4.90 Å². The van der Waals surface area contributed by atoms with E-state index in [0.717, 1.165) is 7.88 Å². The minimum atomic E-state index is -3.91. The van der Waals surface area contributed by atoms with Crippen LogP contribution in [0.15, 0.2) is 53.4 Å². The van der Waals surface area contributed by atoms with Gasteiger partial charge < -0.3 is 5.73 Å². The normalized spacial score (nSPS) is 11.2. The van der Waals surface area contributed by atoms with E-state index in [1.165, 1.54) is 24.3 Å². The zero-order valence-electron chi connectivity index (χ0n) is 11.2. The number of primary amides is 1. The Morgan fingerprint density at radius 1 is 1.09 bits per heavy atom. The first-order chi connectivity index (χ1) is 10.3. The topological polar surface area (TPSA) is 80.5 Å². The van der Waals surface area contributed by atoms with Gasteiger partial charge in [0.25, 0.3) is 10.0 Å². The van der Waals surface area contributed by atoms with Crippen LogP contribution in [0.1, 0.15) is 0 Å². The van der Waals surface area contributed by atoms with Crippen molar-refractivity contribution < 1.29 is 13.2 Å². The second-order valence-corrected chi connectivity index (χ2v) is 7.95. The smallest absolute Gasteiger partial charge is 0.264 e. The molecular formula is C14H12ClIN2O3S. The number of rotatable bonds is 5. The van der Waals surface area contributed by atoms with E-state index in [1.807, 2.05) is 0 Å². The van der Waals surface area contributed by atoms with Crippen molar-refractivity contribution in [1.82, 2.24) is 0 Å². The Hall–Kier alpha value is -1.32. The highest BCUT2D eigenvalue weighted by atomic mass is 127. The average molecular weight is 451 g/mol. The number of sulfonamides is 1. The van der Waals surface area contributed by atoms with Gasteiger partial charge in [-0.3, -0.25) is 9.10 Å². The molecular weight excluding hydrogens is 439 g/mol. The lowest BCUT2D eigenvalue weighted by atomic mass is 10.3. The Bertz CT molecular complexity index is 777. The number of halogens is 2. The van der Waals surface area contributed by atoms with E-state index in [9.17, 15) is 13.2 Å². The maximum Gasteiger partial charge on any atom is 0.264 e. The summed E-state index contributed by atoms with van der Waals surface area (Å²) in [6.07, 6.45) is 0. The van der Waals surface area contributed by atoms with Gasteiger partial charge in [0.05, 0.1) is 10.6 Å². The lowest BCUT2D eigenvalue weighted by Gasteiger charge is -2.23. The molecule has 0 heterocycles. The molecule has 2 N–H and O–H groups in total. The standard InChI is InChI=1S/C14H12ClIN2O3S/c15-10-1-7-13(8-2-10)22(20,21)18(9-14(17)19)12-5-3-11(16)4-6-12/h1-8H,9H2,(H2,17,19). The number of hydrogen-bond acceptors (Lipinski definition) is 3. The minimum Gasteiger partial charge on any atom is -0.368 e. The SMILES string of the molecule is NC(=O)CN(c1ccc(I)cc1)S(=O)(=O)c1ccc(Cl)cc1. The Balaban J connectivity index is 2.50. The number of benzene rings is 2. The number of amides is 1. The van der Waals surface area contributed by atoms with Gasteiger partial charge in [-0.05, 0) is 71.1 Å². The predicted octanol–water partition coefficient (Wildman–Crippen LogP) is 2.63. The highest BCUT2D eigenvalue weighted by Crippen LogP contribution is 2.25. The summed E-state index contributed by atoms with van der Waals surface area (Å²) >= 11 is 7.88. The summed E-state index contributed by atoms with van der Waals surface area (Å²) < 4.78 is 27.4. The highest BCUT2D eigenvalue weighted by Gasteiger charge is 2.26. The number of carbonyl (C=O) groups excluding carboxylic acids is 1. The van der Waals surface area contributed by atoms with Crippen LogP contribution in [0, 0.1) is 3.57 Å². The van der Waals surface area contributed by atoms with E-state index in [4.69, 9.17) is 17.3 Å². The summed E-state index contributed by atoms with van der Waals surface area (Å²) in [6.45, 7) is -0.439. The molecule has 0 unspecified atom stereocenters. The number of nitrogens with two attached hydrogens (primary N) is 1. The van der Waals surface area contributed by atoms with Crippen LogP contribution in [-0.4, -0.2) is 20.9 Å². The molecule has 8 heteroatoms. The Kier molecular flexibility index (Phi) is 5.30. The van der Waals surface area contributed by atoms with Gasteiger partial charge in [-0.15, -0.1) is 0 Å². The van der Waals surface area contributed by atoms with Crippen LogP contribution < -0.4 is 10.0 Å². The van der Waals surface area contributed by atoms with Crippen molar-refractivity contribution in [1.29, 1.82) is 0 Å². The van der Waals surface area contributed by atoms with Crippen molar-refractivity contribution in [2.45, 2.75) is 4.90 Å². The van der Waals surface area contributed by atoms with Crippen molar-refractivity contribution in [3.8, 4) is 0 Å². The molecule has 1 amide bonds. The summed E-state index contributed by atoms with van der Waals surface area (Å²) in [6, 6.07) is 12.5. The van der Waals surface area contributed by atoms with Crippen LogP contribution >= 0.6 is 34.2 Å². The molecule has 0 aliphatic rings. The molecule has 22 heavy (non-hydrogen) atoms. The maximum atomic E-state index is 12.7. The van der Waals surface area contributed by atoms with Gasteiger partial charge in [0.1, 0.15) is 6.54 Å². The largest absolute Gasteiger partial charge is 0.368 e. The zero-order valence-corrected chi connectivity index (χ0v) is 15.0. The van der Waals surface area contributed by atoms with Crippen molar-refractivity contribution in [2.24, 2.45) is 5.73 Å². The van der Waals surface area contributed by atoms with E-state index < -0.39 is 22.5 Å². The molecule has 2 rings (SSSR count). The second-order valence-electron chi connectivity index (χ2n) is 4.41. The van der Waals surface area contributed by atoms with Gasteiger partial charge in [0.15, 0.2) is 0 Å². The average Bonchev–Trinajstić information content (AvgIpc) is 2.46. The number of carbonyl (C=O) groups is 1. The van der Waals surface area contributed by atoms with E-state index in [1.54, 1.807) is 24.3 Å². The molecule has 0 fully saturated rings. The number of anilines is 1. The predicted molar refractivity (Wildman–Crippen MR) is 94.3 cm³/mol. The minimum absolute atomic E-state index is 0.0386. The number of nitrogens with zero attached hydrogens (tertiary/aromatic N) is 1. The zero-order chi connectivity index (χ0) is 16.3. The van der Waals surface area contributed by atoms with E-state index >= 15 is 0 Å².